The van der Waals surface area contributed by atoms with Gasteiger partial charge in [0.2, 0.25) is 0 Å². The largest absolute Gasteiger partial charge is 0.0839 e. The predicted molar refractivity (Wildman–Crippen MR) is 118 cm³/mol. The van der Waals surface area contributed by atoms with Crippen molar-refractivity contribution < 1.29 is 0 Å². The molecule has 0 spiro atoms. The molecular weight excluding hydrogens is 336 g/mol. The van der Waals surface area contributed by atoms with Gasteiger partial charge in [-0.1, -0.05) is 74.8 Å². The molecule has 6 aliphatic rings. The van der Waals surface area contributed by atoms with Crippen LogP contribution in [0.25, 0.3) is 0 Å². The second-order valence-corrected chi connectivity index (χ2v) is 11.4. The lowest BCUT2D eigenvalue weighted by atomic mass is 9.49. The highest BCUT2D eigenvalue weighted by atomic mass is 14.5. The van der Waals surface area contributed by atoms with E-state index in [4.69, 9.17) is 0 Å². The molecule has 0 aliphatic heterocycles. The van der Waals surface area contributed by atoms with Gasteiger partial charge in [-0.2, -0.15) is 0 Å². The van der Waals surface area contributed by atoms with Crippen LogP contribution in [0.4, 0.5) is 0 Å². The van der Waals surface area contributed by atoms with Gasteiger partial charge >= 0.3 is 0 Å². The fraction of sp³-hybridized carbons (Fsp3) is 0.786. The van der Waals surface area contributed by atoms with E-state index in [1.54, 1.807) is 37.7 Å². The van der Waals surface area contributed by atoms with E-state index in [2.05, 4.69) is 24.3 Å². The van der Waals surface area contributed by atoms with Crippen LogP contribution < -0.4 is 0 Å². The van der Waals surface area contributed by atoms with Gasteiger partial charge in [0.25, 0.3) is 0 Å². The fourth-order valence-electron chi connectivity index (χ4n) is 9.12. The molecule has 0 aromatic carbocycles. The zero-order valence-corrected chi connectivity index (χ0v) is 17.8. The molecule has 6 rings (SSSR count). The van der Waals surface area contributed by atoms with Crippen molar-refractivity contribution in [2.75, 3.05) is 0 Å². The minimum absolute atomic E-state index is 0.841. The Morgan fingerprint density at radius 1 is 0.679 bits per heavy atom. The van der Waals surface area contributed by atoms with E-state index in [1.165, 1.54) is 57.8 Å². The number of allylic oxidation sites excluding steroid dienone is 6. The molecule has 0 bridgehead atoms. The van der Waals surface area contributed by atoms with E-state index < -0.39 is 0 Å². The van der Waals surface area contributed by atoms with Crippen LogP contribution in [0.15, 0.2) is 35.5 Å². The average molecular weight is 377 g/mol. The monoisotopic (exact) mass is 376 g/mol. The lowest BCUT2D eigenvalue weighted by molar-refractivity contribution is -0.0402. The van der Waals surface area contributed by atoms with Crippen molar-refractivity contribution in [2.24, 2.45) is 47.3 Å². The van der Waals surface area contributed by atoms with E-state index in [-0.39, 0.29) is 0 Å². The summed E-state index contributed by atoms with van der Waals surface area (Å²) < 4.78 is 0. The second-order valence-electron chi connectivity index (χ2n) is 11.4. The van der Waals surface area contributed by atoms with Crippen molar-refractivity contribution in [3.05, 3.63) is 35.5 Å². The molecule has 28 heavy (non-hydrogen) atoms. The Balaban J connectivity index is 1.37. The fourth-order valence-corrected chi connectivity index (χ4v) is 9.12. The van der Waals surface area contributed by atoms with Crippen LogP contribution in [0.1, 0.15) is 89.9 Å². The second kappa shape index (κ2) is 7.48. The maximum absolute atomic E-state index is 2.76. The minimum atomic E-state index is 0.841. The van der Waals surface area contributed by atoms with Crippen LogP contribution in [0.3, 0.4) is 0 Å². The lowest BCUT2D eigenvalue weighted by Gasteiger charge is -2.56. The van der Waals surface area contributed by atoms with Crippen molar-refractivity contribution in [2.45, 2.75) is 89.9 Å². The van der Waals surface area contributed by atoms with Gasteiger partial charge in [-0.25, -0.2) is 0 Å². The molecule has 7 unspecified atom stereocenters. The third-order valence-corrected chi connectivity index (χ3v) is 10.2. The molecule has 0 radical (unpaired) electrons. The summed E-state index contributed by atoms with van der Waals surface area (Å²) in [5.41, 5.74) is 3.64. The molecule has 152 valence electrons. The first-order chi connectivity index (χ1) is 13.9. The standard InChI is InChI=1S/C28H40/c1-2-9-20-18-27-23(16-19(20)8-1)12-7-15-26(27)28-24-13-5-3-10-21(24)17-22-11-4-6-14-25(22)28/h1-2,9,18-19,21-26,28H,3-8,10-17H2. The number of hydrogen-bond acceptors (Lipinski definition) is 0. The van der Waals surface area contributed by atoms with Crippen LogP contribution in [0.2, 0.25) is 0 Å². The highest BCUT2D eigenvalue weighted by molar-refractivity contribution is 5.38. The number of fused-ring (bicyclic) bond motifs is 4. The van der Waals surface area contributed by atoms with Gasteiger partial charge in [0.05, 0.1) is 0 Å². The molecule has 4 fully saturated rings. The summed E-state index contributed by atoms with van der Waals surface area (Å²) in [6, 6.07) is 0. The molecule has 0 heterocycles. The normalized spacial score (nSPS) is 47.7. The van der Waals surface area contributed by atoms with Crippen LogP contribution in [-0.4, -0.2) is 0 Å². The third-order valence-electron chi connectivity index (χ3n) is 10.2. The summed E-state index contributed by atoms with van der Waals surface area (Å²) in [6.07, 6.45) is 31.3. The highest BCUT2D eigenvalue weighted by Gasteiger charge is 2.50. The smallest absolute Gasteiger partial charge is 0.0122 e. The Kier molecular flexibility index (Phi) is 4.82. The van der Waals surface area contributed by atoms with Gasteiger partial charge in [-0.05, 0) is 97.9 Å². The van der Waals surface area contributed by atoms with Crippen LogP contribution in [-0.2, 0) is 0 Å². The van der Waals surface area contributed by atoms with Crippen molar-refractivity contribution in [3.8, 4) is 0 Å². The quantitative estimate of drug-likeness (QED) is 0.437. The summed E-state index contributed by atoms with van der Waals surface area (Å²) in [5, 5.41) is 0. The van der Waals surface area contributed by atoms with Gasteiger partial charge in [0.15, 0.2) is 0 Å². The molecule has 0 N–H and O–H groups in total. The predicted octanol–water partition coefficient (Wildman–Crippen LogP) is 7.87. The zero-order chi connectivity index (χ0) is 18.5. The molecule has 6 aliphatic carbocycles. The van der Waals surface area contributed by atoms with Crippen molar-refractivity contribution in [1.82, 2.24) is 0 Å². The van der Waals surface area contributed by atoms with Crippen LogP contribution in [0, 0.1) is 47.3 Å². The summed E-state index contributed by atoms with van der Waals surface area (Å²) in [5.74, 6) is 8.11. The van der Waals surface area contributed by atoms with Gasteiger partial charge in [0.1, 0.15) is 0 Å². The molecule has 0 heteroatoms. The average Bonchev–Trinajstić information content (AvgIpc) is 2.76. The van der Waals surface area contributed by atoms with E-state index in [1.807, 2.05) is 5.57 Å². The third kappa shape index (κ3) is 3.00. The Labute approximate surface area is 172 Å². The van der Waals surface area contributed by atoms with Gasteiger partial charge in [-0.15, -0.1) is 0 Å². The maximum atomic E-state index is 2.76. The van der Waals surface area contributed by atoms with Crippen LogP contribution >= 0.6 is 0 Å². The topological polar surface area (TPSA) is 0 Å². The first kappa shape index (κ1) is 18.0. The molecule has 4 saturated carbocycles. The molecule has 0 nitrogen and oxygen atoms in total. The Morgan fingerprint density at radius 3 is 2.21 bits per heavy atom. The number of rotatable bonds is 1. The van der Waals surface area contributed by atoms with E-state index >= 15 is 0 Å². The van der Waals surface area contributed by atoms with E-state index in [0.29, 0.717) is 0 Å². The maximum Gasteiger partial charge on any atom is -0.0122 e. The Bertz CT molecular complexity index is 656. The van der Waals surface area contributed by atoms with Crippen molar-refractivity contribution >= 4 is 0 Å². The first-order valence-corrected chi connectivity index (χ1v) is 13.0. The van der Waals surface area contributed by atoms with Gasteiger partial charge in [0, 0.05) is 0 Å². The van der Waals surface area contributed by atoms with E-state index in [9.17, 15) is 0 Å². The summed E-state index contributed by atoms with van der Waals surface area (Å²) >= 11 is 0. The molecule has 0 amide bonds. The molecule has 0 saturated heterocycles. The molecular formula is C28H40. The minimum Gasteiger partial charge on any atom is -0.0839 e. The van der Waals surface area contributed by atoms with Crippen molar-refractivity contribution in [1.29, 1.82) is 0 Å². The lowest BCUT2D eigenvalue weighted by Crippen LogP contribution is -2.47. The zero-order valence-electron chi connectivity index (χ0n) is 17.8. The molecule has 7 atom stereocenters. The summed E-state index contributed by atoms with van der Waals surface area (Å²) in [7, 11) is 0. The Hall–Kier alpha value is -0.780. The van der Waals surface area contributed by atoms with Crippen molar-refractivity contribution in [3.63, 3.8) is 0 Å². The molecule has 0 aromatic heterocycles. The molecule has 0 aromatic rings. The SMILES string of the molecule is C1=CCC2CC3CCCC(C4C5CCCCC5CC5CCCCC54)C3=CC2=C1. The summed E-state index contributed by atoms with van der Waals surface area (Å²) in [4.78, 5) is 0. The Morgan fingerprint density at radius 2 is 1.43 bits per heavy atom. The highest BCUT2D eigenvalue weighted by Crippen LogP contribution is 2.59. The van der Waals surface area contributed by atoms with Crippen LogP contribution in [0.5, 0.6) is 0 Å². The number of hydrogen-bond donors (Lipinski definition) is 0. The first-order valence-electron chi connectivity index (χ1n) is 13.0. The van der Waals surface area contributed by atoms with E-state index in [0.717, 1.165) is 47.3 Å². The van der Waals surface area contributed by atoms with Gasteiger partial charge in [-0.3, -0.25) is 0 Å². The van der Waals surface area contributed by atoms with Gasteiger partial charge < -0.3 is 0 Å². The summed E-state index contributed by atoms with van der Waals surface area (Å²) in [6.45, 7) is 0.